The van der Waals surface area contributed by atoms with Crippen LogP contribution in [0.5, 0.6) is 11.5 Å². The van der Waals surface area contributed by atoms with Crippen molar-refractivity contribution >= 4 is 49.3 Å². The van der Waals surface area contributed by atoms with E-state index in [9.17, 15) is 0 Å². The van der Waals surface area contributed by atoms with Crippen LogP contribution in [0.2, 0.25) is 5.02 Å². The van der Waals surface area contributed by atoms with Crippen molar-refractivity contribution in [2.75, 3.05) is 14.2 Å². The predicted octanol–water partition coefficient (Wildman–Crippen LogP) is 6.61. The fourth-order valence-electron chi connectivity index (χ4n) is 3.38. The maximum atomic E-state index is 6.26. The van der Waals surface area contributed by atoms with Crippen LogP contribution in [-0.4, -0.2) is 19.2 Å². The third kappa shape index (κ3) is 3.76. The number of hydrogen-bond donors (Lipinski definition) is 0. The fraction of sp³-hybridized carbons (Fsp3) is 0.0833. The van der Waals surface area contributed by atoms with Crippen LogP contribution in [0.25, 0.3) is 32.5 Å². The Morgan fingerprint density at radius 1 is 0.935 bits per heavy atom. The molecule has 2 heterocycles. The van der Waals surface area contributed by atoms with E-state index in [1.54, 1.807) is 20.3 Å². The first-order valence-corrected chi connectivity index (χ1v) is 10.7. The van der Waals surface area contributed by atoms with Gasteiger partial charge in [0.05, 0.1) is 29.8 Å². The maximum Gasteiger partial charge on any atom is 0.210 e. The van der Waals surface area contributed by atoms with E-state index in [1.165, 1.54) is 11.3 Å². The first-order valence-electron chi connectivity index (χ1n) is 9.51. The van der Waals surface area contributed by atoms with Crippen LogP contribution in [0.3, 0.4) is 0 Å². The van der Waals surface area contributed by atoms with Gasteiger partial charge < -0.3 is 13.9 Å². The molecule has 0 amide bonds. The fourth-order valence-corrected chi connectivity index (χ4v) is 4.40. The van der Waals surface area contributed by atoms with Crippen molar-refractivity contribution in [3.63, 3.8) is 0 Å². The molecule has 0 spiro atoms. The first kappa shape index (κ1) is 19.6. The Bertz CT molecular complexity index is 1460. The molecular formula is C24H17ClN2O3S. The summed E-state index contributed by atoms with van der Waals surface area (Å²) in [6, 6.07) is 21.0. The van der Waals surface area contributed by atoms with Crippen LogP contribution >= 0.6 is 22.9 Å². The van der Waals surface area contributed by atoms with Gasteiger partial charge in [-0.25, -0.2) is 9.98 Å². The molecule has 31 heavy (non-hydrogen) atoms. The zero-order chi connectivity index (χ0) is 21.4. The number of nitrogens with zero attached hydrogens (tertiary/aromatic N) is 2. The Labute approximate surface area is 187 Å². The average molecular weight is 449 g/mol. The van der Waals surface area contributed by atoms with E-state index in [2.05, 4.69) is 4.98 Å². The second-order valence-electron chi connectivity index (χ2n) is 6.78. The Hall–Kier alpha value is -3.35. The molecule has 5 rings (SSSR count). The highest BCUT2D eigenvalue weighted by atomic mass is 35.5. The summed E-state index contributed by atoms with van der Waals surface area (Å²) in [6.45, 7) is 0. The minimum atomic E-state index is 0.613. The number of rotatable bonds is 4. The van der Waals surface area contributed by atoms with Crippen LogP contribution in [0.15, 0.2) is 76.1 Å². The molecule has 0 atom stereocenters. The van der Waals surface area contributed by atoms with Crippen molar-refractivity contribution in [3.05, 3.63) is 77.1 Å². The summed E-state index contributed by atoms with van der Waals surface area (Å²) in [7, 11) is 3.21. The van der Waals surface area contributed by atoms with E-state index < -0.39 is 0 Å². The highest BCUT2D eigenvalue weighted by Crippen LogP contribution is 2.33. The van der Waals surface area contributed by atoms with Crippen LogP contribution in [-0.2, 0) is 0 Å². The quantitative estimate of drug-likeness (QED) is 0.310. The number of hydrogen-bond acceptors (Lipinski definition) is 6. The van der Waals surface area contributed by atoms with Gasteiger partial charge in [-0.2, -0.15) is 0 Å². The number of methoxy groups -OCH3 is 2. The van der Waals surface area contributed by atoms with E-state index in [0.717, 1.165) is 26.5 Å². The minimum Gasteiger partial charge on any atom is -0.493 e. The molecular weight excluding hydrogens is 432 g/mol. The van der Waals surface area contributed by atoms with Crippen molar-refractivity contribution in [1.82, 2.24) is 4.98 Å². The van der Waals surface area contributed by atoms with Crippen LogP contribution < -0.4 is 14.8 Å². The lowest BCUT2D eigenvalue weighted by atomic mass is 10.1. The van der Waals surface area contributed by atoms with Gasteiger partial charge in [0.2, 0.25) is 5.13 Å². The van der Waals surface area contributed by atoms with E-state index >= 15 is 0 Å². The molecule has 0 unspecified atom stereocenters. The molecule has 2 aromatic heterocycles. The van der Waals surface area contributed by atoms with Crippen molar-refractivity contribution in [1.29, 1.82) is 0 Å². The van der Waals surface area contributed by atoms with Crippen LogP contribution in [0, 0.1) is 0 Å². The summed E-state index contributed by atoms with van der Waals surface area (Å²) in [6.07, 6.45) is 0. The highest BCUT2D eigenvalue weighted by Gasteiger charge is 2.11. The Morgan fingerprint density at radius 2 is 1.77 bits per heavy atom. The van der Waals surface area contributed by atoms with Gasteiger partial charge in [0.15, 0.2) is 11.5 Å². The molecule has 0 radical (unpaired) electrons. The predicted molar refractivity (Wildman–Crippen MR) is 125 cm³/mol. The van der Waals surface area contributed by atoms with Gasteiger partial charge in [-0.3, -0.25) is 0 Å². The molecule has 0 saturated carbocycles. The third-order valence-electron chi connectivity index (χ3n) is 4.87. The van der Waals surface area contributed by atoms with Crippen LogP contribution in [0.1, 0.15) is 0 Å². The summed E-state index contributed by atoms with van der Waals surface area (Å²) in [5.41, 5.74) is 2.45. The lowest BCUT2D eigenvalue weighted by molar-refractivity contribution is 0.355. The molecule has 0 aliphatic heterocycles. The zero-order valence-corrected chi connectivity index (χ0v) is 18.3. The molecule has 7 heteroatoms. The van der Waals surface area contributed by atoms with Crippen LogP contribution in [0.4, 0.5) is 5.13 Å². The molecule has 0 bridgehead atoms. The molecule has 0 fully saturated rings. The molecule has 5 aromatic rings. The summed E-state index contributed by atoms with van der Waals surface area (Å²) in [5.74, 6) is 1.92. The number of fused-ring (bicyclic) bond motifs is 2. The van der Waals surface area contributed by atoms with Gasteiger partial charge in [-0.05, 0) is 48.5 Å². The summed E-state index contributed by atoms with van der Waals surface area (Å²) < 4.78 is 18.1. The lowest BCUT2D eigenvalue weighted by Crippen LogP contribution is -2.03. The van der Waals surface area contributed by atoms with Gasteiger partial charge in [-0.1, -0.05) is 35.1 Å². The number of aromatic nitrogens is 1. The van der Waals surface area contributed by atoms with Gasteiger partial charge in [0, 0.05) is 22.0 Å². The molecule has 5 nitrogen and oxygen atoms in total. The van der Waals surface area contributed by atoms with Gasteiger partial charge in [-0.15, -0.1) is 0 Å². The Balaban J connectivity index is 1.74. The molecule has 0 saturated heterocycles. The smallest absolute Gasteiger partial charge is 0.210 e. The number of para-hydroxylation sites is 1. The van der Waals surface area contributed by atoms with Crippen molar-refractivity contribution in [2.45, 2.75) is 0 Å². The van der Waals surface area contributed by atoms with E-state index in [1.807, 2.05) is 60.7 Å². The first-order chi connectivity index (χ1) is 15.1. The summed E-state index contributed by atoms with van der Waals surface area (Å²) in [4.78, 5) is 9.48. The second kappa shape index (κ2) is 8.06. The summed E-state index contributed by atoms with van der Waals surface area (Å²) in [5, 5.41) is 2.83. The van der Waals surface area contributed by atoms with Crippen molar-refractivity contribution in [2.24, 2.45) is 4.99 Å². The van der Waals surface area contributed by atoms with Gasteiger partial charge in [0.1, 0.15) is 11.3 Å². The van der Waals surface area contributed by atoms with E-state index in [-0.39, 0.29) is 0 Å². The monoisotopic (exact) mass is 448 g/mol. The normalized spacial score (nSPS) is 11.9. The standard InChI is InChI=1S/C24H17ClN2O3S/c1-28-20-9-7-14(11-22(20)29-2)21-13-18(16-12-15(25)8-10-19(16)30-21)27-24-26-17-5-3-4-6-23(17)31-24/h3-13H,1-2H3/b27-18+. The highest BCUT2D eigenvalue weighted by molar-refractivity contribution is 7.21. The number of thiazole rings is 1. The SMILES string of the molecule is COc1ccc(-c2c/c(=N\c3nc4ccccc4s3)c3cc(Cl)ccc3o2)cc1OC. The van der Waals surface area contributed by atoms with Gasteiger partial charge >= 0.3 is 0 Å². The summed E-state index contributed by atoms with van der Waals surface area (Å²) >= 11 is 7.80. The molecule has 154 valence electrons. The van der Waals surface area contributed by atoms with Gasteiger partial charge in [0.25, 0.3) is 0 Å². The number of halogens is 1. The van der Waals surface area contributed by atoms with Crippen molar-refractivity contribution in [3.8, 4) is 22.8 Å². The number of ether oxygens (including phenoxy) is 2. The molecule has 3 aromatic carbocycles. The Morgan fingerprint density at radius 3 is 2.58 bits per heavy atom. The Kier molecular flexibility index (Phi) is 5.10. The average Bonchev–Trinajstić information content (AvgIpc) is 3.21. The maximum absolute atomic E-state index is 6.26. The molecule has 0 N–H and O–H groups in total. The topological polar surface area (TPSA) is 56.9 Å². The second-order valence-corrected chi connectivity index (χ2v) is 8.23. The number of benzene rings is 3. The van der Waals surface area contributed by atoms with E-state index in [4.69, 9.17) is 30.5 Å². The third-order valence-corrected chi connectivity index (χ3v) is 6.04. The lowest BCUT2D eigenvalue weighted by Gasteiger charge is -2.10. The van der Waals surface area contributed by atoms with E-state index in [0.29, 0.717) is 33.0 Å². The zero-order valence-electron chi connectivity index (χ0n) is 16.8. The van der Waals surface area contributed by atoms with Crippen molar-refractivity contribution < 1.29 is 13.9 Å². The molecule has 0 aliphatic carbocycles. The molecule has 0 aliphatic rings. The largest absolute Gasteiger partial charge is 0.493 e. The minimum absolute atomic E-state index is 0.613.